The van der Waals surface area contributed by atoms with E-state index in [1.807, 2.05) is 24.7 Å². The fourth-order valence-corrected chi connectivity index (χ4v) is 1.66. The van der Waals surface area contributed by atoms with Gasteiger partial charge < -0.3 is 15.6 Å². The Balaban J connectivity index is 2.22. The zero-order chi connectivity index (χ0) is 12.7. The summed E-state index contributed by atoms with van der Waals surface area (Å²) in [6, 6.07) is 0. The molecule has 0 fully saturated rings. The van der Waals surface area contributed by atoms with Gasteiger partial charge in [-0.2, -0.15) is 0 Å². The van der Waals surface area contributed by atoms with Crippen LogP contribution in [0.15, 0.2) is 12.4 Å². The second-order valence-electron chi connectivity index (χ2n) is 4.33. The highest BCUT2D eigenvalue weighted by atomic mass is 16.1. The summed E-state index contributed by atoms with van der Waals surface area (Å²) in [5, 5.41) is 2.92. The highest BCUT2D eigenvalue weighted by Crippen LogP contribution is 2.04. The van der Waals surface area contributed by atoms with E-state index in [2.05, 4.69) is 10.3 Å². The molecule has 0 saturated heterocycles. The number of rotatable bonds is 7. The average Bonchev–Trinajstić information content (AvgIpc) is 2.72. The van der Waals surface area contributed by atoms with Gasteiger partial charge in [-0.05, 0) is 19.4 Å². The van der Waals surface area contributed by atoms with Crippen molar-refractivity contribution in [3.8, 4) is 0 Å². The minimum absolute atomic E-state index is 0.0416. The summed E-state index contributed by atoms with van der Waals surface area (Å²) < 4.78 is 1.96. The Bertz CT molecular complexity index is 348. The zero-order valence-electron chi connectivity index (χ0n) is 10.6. The predicted molar refractivity (Wildman–Crippen MR) is 67.4 cm³/mol. The lowest BCUT2D eigenvalue weighted by atomic mass is 10.1. The van der Waals surface area contributed by atoms with Gasteiger partial charge in [0.2, 0.25) is 5.91 Å². The summed E-state index contributed by atoms with van der Waals surface area (Å²) in [5.74, 6) is 1.13. The molecule has 0 aliphatic rings. The molecule has 1 amide bonds. The molecule has 96 valence electrons. The lowest BCUT2D eigenvalue weighted by molar-refractivity contribution is -0.124. The SMILES string of the molecule is CC(CCCN)C(=O)NCCc1nccn1C. The molecule has 1 atom stereocenters. The number of nitrogens with one attached hydrogen (secondary N) is 1. The lowest BCUT2D eigenvalue weighted by Crippen LogP contribution is -2.31. The molecule has 0 saturated carbocycles. The Labute approximate surface area is 102 Å². The third kappa shape index (κ3) is 4.56. The highest BCUT2D eigenvalue weighted by Gasteiger charge is 2.11. The molecule has 5 heteroatoms. The van der Waals surface area contributed by atoms with E-state index in [9.17, 15) is 4.79 Å². The number of hydrogen-bond donors (Lipinski definition) is 2. The van der Waals surface area contributed by atoms with Gasteiger partial charge in [0.25, 0.3) is 0 Å². The van der Waals surface area contributed by atoms with Crippen molar-refractivity contribution in [2.45, 2.75) is 26.2 Å². The third-order valence-electron chi connectivity index (χ3n) is 2.86. The van der Waals surface area contributed by atoms with E-state index >= 15 is 0 Å². The van der Waals surface area contributed by atoms with Crippen LogP contribution in [0.1, 0.15) is 25.6 Å². The van der Waals surface area contributed by atoms with Crippen LogP contribution in [-0.4, -0.2) is 28.5 Å². The van der Waals surface area contributed by atoms with Crippen molar-refractivity contribution in [3.05, 3.63) is 18.2 Å². The van der Waals surface area contributed by atoms with Crippen molar-refractivity contribution in [1.29, 1.82) is 0 Å². The largest absolute Gasteiger partial charge is 0.355 e. The van der Waals surface area contributed by atoms with Gasteiger partial charge in [0, 0.05) is 38.3 Å². The second-order valence-corrected chi connectivity index (χ2v) is 4.33. The fourth-order valence-electron chi connectivity index (χ4n) is 1.66. The molecule has 0 aliphatic heterocycles. The number of nitrogens with two attached hydrogens (primary N) is 1. The van der Waals surface area contributed by atoms with Gasteiger partial charge in [0.15, 0.2) is 0 Å². The quantitative estimate of drug-likeness (QED) is 0.724. The van der Waals surface area contributed by atoms with E-state index in [1.165, 1.54) is 0 Å². The van der Waals surface area contributed by atoms with E-state index in [0.29, 0.717) is 13.1 Å². The molecule has 0 aromatic carbocycles. The first-order chi connectivity index (χ1) is 8.15. The number of imidazole rings is 1. The second kappa shape index (κ2) is 7.06. The van der Waals surface area contributed by atoms with E-state index in [1.54, 1.807) is 6.20 Å². The monoisotopic (exact) mass is 238 g/mol. The van der Waals surface area contributed by atoms with Gasteiger partial charge in [-0.1, -0.05) is 6.92 Å². The van der Waals surface area contributed by atoms with Crippen LogP contribution in [0.25, 0.3) is 0 Å². The van der Waals surface area contributed by atoms with Gasteiger partial charge in [0.05, 0.1) is 0 Å². The molecule has 0 spiro atoms. The summed E-state index contributed by atoms with van der Waals surface area (Å²) in [4.78, 5) is 15.9. The Kier molecular flexibility index (Phi) is 5.69. The minimum atomic E-state index is 0.0416. The maximum absolute atomic E-state index is 11.7. The van der Waals surface area contributed by atoms with Crippen LogP contribution in [0, 0.1) is 5.92 Å². The first-order valence-electron chi connectivity index (χ1n) is 6.09. The van der Waals surface area contributed by atoms with E-state index in [4.69, 9.17) is 5.73 Å². The van der Waals surface area contributed by atoms with Crippen LogP contribution in [0.4, 0.5) is 0 Å². The van der Waals surface area contributed by atoms with Gasteiger partial charge >= 0.3 is 0 Å². The van der Waals surface area contributed by atoms with Crippen molar-refractivity contribution in [3.63, 3.8) is 0 Å². The van der Waals surface area contributed by atoms with Crippen molar-refractivity contribution >= 4 is 5.91 Å². The van der Waals surface area contributed by atoms with Crippen molar-refractivity contribution in [1.82, 2.24) is 14.9 Å². The van der Waals surface area contributed by atoms with Crippen LogP contribution in [0.5, 0.6) is 0 Å². The van der Waals surface area contributed by atoms with Crippen LogP contribution >= 0.6 is 0 Å². The third-order valence-corrected chi connectivity index (χ3v) is 2.86. The molecule has 0 radical (unpaired) electrons. The van der Waals surface area contributed by atoms with Crippen molar-refractivity contribution < 1.29 is 4.79 Å². The predicted octanol–water partition coefficient (Wildman–Crippen LogP) is 0.454. The molecule has 1 unspecified atom stereocenters. The smallest absolute Gasteiger partial charge is 0.222 e. The zero-order valence-corrected chi connectivity index (χ0v) is 10.6. The van der Waals surface area contributed by atoms with Crippen molar-refractivity contribution in [2.75, 3.05) is 13.1 Å². The Hall–Kier alpha value is -1.36. The minimum Gasteiger partial charge on any atom is -0.355 e. The molecular weight excluding hydrogens is 216 g/mol. The number of carbonyl (C=O) groups excluding carboxylic acids is 1. The number of aromatic nitrogens is 2. The molecule has 17 heavy (non-hydrogen) atoms. The van der Waals surface area contributed by atoms with Crippen molar-refractivity contribution in [2.24, 2.45) is 18.7 Å². The van der Waals surface area contributed by atoms with Crippen LogP contribution in [-0.2, 0) is 18.3 Å². The normalized spacial score (nSPS) is 12.4. The van der Waals surface area contributed by atoms with Gasteiger partial charge in [0.1, 0.15) is 5.82 Å². The van der Waals surface area contributed by atoms with Gasteiger partial charge in [-0.15, -0.1) is 0 Å². The average molecular weight is 238 g/mol. The summed E-state index contributed by atoms with van der Waals surface area (Å²) >= 11 is 0. The van der Waals surface area contributed by atoms with Crippen LogP contribution in [0.3, 0.4) is 0 Å². The standard InChI is InChI=1S/C12H22N4O/c1-10(4-3-6-13)12(17)15-7-5-11-14-8-9-16(11)2/h8-10H,3-7,13H2,1-2H3,(H,15,17). The van der Waals surface area contributed by atoms with Crippen LogP contribution in [0.2, 0.25) is 0 Å². The maximum Gasteiger partial charge on any atom is 0.222 e. The topological polar surface area (TPSA) is 72.9 Å². The number of carbonyl (C=O) groups is 1. The Morgan fingerprint density at radius 1 is 1.65 bits per heavy atom. The molecule has 3 N–H and O–H groups in total. The first kappa shape index (κ1) is 13.7. The van der Waals surface area contributed by atoms with Crippen LogP contribution < -0.4 is 11.1 Å². The molecule has 1 rings (SSSR count). The number of hydrogen-bond acceptors (Lipinski definition) is 3. The molecule has 1 aromatic rings. The number of amides is 1. The Morgan fingerprint density at radius 2 is 2.41 bits per heavy atom. The first-order valence-corrected chi connectivity index (χ1v) is 6.09. The van der Waals surface area contributed by atoms with Gasteiger partial charge in [-0.3, -0.25) is 4.79 Å². The maximum atomic E-state index is 11.7. The van der Waals surface area contributed by atoms with Gasteiger partial charge in [-0.25, -0.2) is 4.98 Å². The fraction of sp³-hybridized carbons (Fsp3) is 0.667. The summed E-state index contributed by atoms with van der Waals surface area (Å²) in [6.45, 7) is 3.22. The Morgan fingerprint density at radius 3 is 3.00 bits per heavy atom. The molecular formula is C12H22N4O. The van der Waals surface area contributed by atoms with E-state index < -0.39 is 0 Å². The molecule has 0 bridgehead atoms. The van der Waals surface area contributed by atoms with E-state index in [-0.39, 0.29) is 11.8 Å². The summed E-state index contributed by atoms with van der Waals surface area (Å²) in [7, 11) is 1.95. The summed E-state index contributed by atoms with van der Waals surface area (Å²) in [6.07, 6.45) is 6.18. The highest BCUT2D eigenvalue weighted by molar-refractivity contribution is 5.78. The molecule has 5 nitrogen and oxygen atoms in total. The lowest BCUT2D eigenvalue weighted by Gasteiger charge is -2.11. The van der Waals surface area contributed by atoms with E-state index in [0.717, 1.165) is 25.1 Å². The molecule has 1 aromatic heterocycles. The number of nitrogens with zero attached hydrogens (tertiary/aromatic N) is 2. The molecule has 0 aliphatic carbocycles. The number of aryl methyl sites for hydroxylation is 1. The molecule has 1 heterocycles. The summed E-state index contributed by atoms with van der Waals surface area (Å²) in [5.41, 5.74) is 5.42.